The van der Waals surface area contributed by atoms with Gasteiger partial charge in [0.1, 0.15) is 0 Å². The molecule has 0 aliphatic carbocycles. The van der Waals surface area contributed by atoms with Gasteiger partial charge in [-0.2, -0.15) is 0 Å². The molecule has 0 fully saturated rings. The van der Waals surface area contributed by atoms with Crippen molar-refractivity contribution in [3.63, 3.8) is 0 Å². The van der Waals surface area contributed by atoms with Crippen molar-refractivity contribution in [3.8, 4) is 23.0 Å². The summed E-state index contributed by atoms with van der Waals surface area (Å²) in [6.45, 7) is 0.802. The molecule has 0 saturated heterocycles. The van der Waals surface area contributed by atoms with Crippen LogP contribution in [0.3, 0.4) is 0 Å². The number of allylic oxidation sites excluding steroid dienone is 2. The molecule has 2 rings (SSSR count). The number of nitrogens with one attached hydrogen (secondary N) is 2. The molecule has 0 radical (unpaired) electrons. The molecule has 0 aliphatic heterocycles. The van der Waals surface area contributed by atoms with Gasteiger partial charge in [0, 0.05) is 0 Å². The molecule has 0 aliphatic rings. The van der Waals surface area contributed by atoms with E-state index in [0.717, 1.165) is 11.1 Å². The van der Waals surface area contributed by atoms with Gasteiger partial charge in [-0.25, -0.2) is 0 Å². The first-order valence-corrected chi connectivity index (χ1v) is 10.3. The average molecular weight is 554 g/mol. The number of methoxy groups -OCH3 is 2. The Morgan fingerprint density at radius 1 is 0.743 bits per heavy atom. The molecule has 2 aromatic rings. The smallest absolute Gasteiger partial charge is 0.675 e. The van der Waals surface area contributed by atoms with Gasteiger partial charge in [-0.05, 0) is 47.5 Å². The van der Waals surface area contributed by atoms with E-state index in [-0.39, 0.29) is 76.2 Å². The maximum absolute atomic E-state index is 12.2. The zero-order valence-electron chi connectivity index (χ0n) is 19.9. The van der Waals surface area contributed by atoms with Crippen molar-refractivity contribution < 1.29 is 48.0 Å². The third-order valence-corrected chi connectivity index (χ3v) is 4.37. The van der Waals surface area contributed by atoms with E-state index in [2.05, 4.69) is 0 Å². The van der Waals surface area contributed by atoms with Crippen molar-refractivity contribution in [3.05, 3.63) is 71.1 Å². The van der Waals surface area contributed by atoms with Crippen LogP contribution in [0.25, 0.3) is 23.6 Å². The van der Waals surface area contributed by atoms with Crippen LogP contribution in [0, 0.1) is 0 Å². The van der Waals surface area contributed by atoms with Crippen LogP contribution in [0.2, 0.25) is 0 Å². The van der Waals surface area contributed by atoms with E-state index in [4.69, 9.17) is 30.4 Å². The fourth-order valence-electron chi connectivity index (χ4n) is 2.80. The largest absolute Gasteiger partial charge is 2.00 e. The maximum Gasteiger partial charge on any atom is 2.00 e. The predicted octanol–water partition coefficient (Wildman–Crippen LogP) is 5.24. The van der Waals surface area contributed by atoms with Crippen molar-refractivity contribution in [2.75, 3.05) is 40.5 Å². The van der Waals surface area contributed by atoms with Crippen molar-refractivity contribution in [1.29, 1.82) is 0 Å². The minimum absolute atomic E-state index is 0. The molecular formula is C25H29ClN2O6Zn. The second-order valence-corrected chi connectivity index (χ2v) is 6.79. The normalized spacial score (nSPS) is 10.4. The number of hydrogen-bond acceptors (Lipinski definition) is 6. The van der Waals surface area contributed by atoms with Gasteiger partial charge >= 0.3 is 19.5 Å². The van der Waals surface area contributed by atoms with Crippen molar-refractivity contribution in [2.45, 2.75) is 6.42 Å². The van der Waals surface area contributed by atoms with Crippen LogP contribution < -0.4 is 18.9 Å². The Bertz CT molecular complexity index is 934. The Kier molecular flexibility index (Phi) is 16.3. The molecule has 0 heterocycles. The maximum atomic E-state index is 12.2. The summed E-state index contributed by atoms with van der Waals surface area (Å²) in [6, 6.07) is 10.4. The van der Waals surface area contributed by atoms with E-state index in [1.165, 1.54) is 26.4 Å². The minimum atomic E-state index is -0.324. The minimum Gasteiger partial charge on any atom is -0.675 e. The van der Waals surface area contributed by atoms with Gasteiger partial charge in [0.25, 0.3) is 0 Å². The topological polar surface area (TPSA) is 119 Å². The van der Waals surface area contributed by atoms with Gasteiger partial charge in [0.2, 0.25) is 0 Å². The first kappa shape index (κ1) is 32.3. The molecule has 184 valence electrons. The SMILES string of the molecule is COc1cc(C=CC(=O)CC(=O)/C=C\c2ccc(OCC[NH-])c(OC)c2)ccc1OCC[NH-].Cl.[Zn+2]. The third-order valence-electron chi connectivity index (χ3n) is 4.37. The monoisotopic (exact) mass is 552 g/mol. The fourth-order valence-corrected chi connectivity index (χ4v) is 2.80. The second kappa shape index (κ2) is 17.7. The van der Waals surface area contributed by atoms with Crippen molar-refractivity contribution >= 4 is 36.1 Å². The van der Waals surface area contributed by atoms with Crippen molar-refractivity contribution in [2.24, 2.45) is 0 Å². The molecule has 10 heteroatoms. The Balaban J connectivity index is 0.00000578. The van der Waals surface area contributed by atoms with Crippen LogP contribution in [0.15, 0.2) is 48.6 Å². The molecule has 0 spiro atoms. The average Bonchev–Trinajstić information content (AvgIpc) is 2.83. The fraction of sp³-hybridized carbons (Fsp3) is 0.280. The van der Waals surface area contributed by atoms with Gasteiger partial charge in [-0.1, -0.05) is 24.3 Å². The number of ketones is 2. The molecule has 0 saturated carbocycles. The number of carbonyl (C=O) groups excluding carboxylic acids is 2. The first-order chi connectivity index (χ1) is 16.0. The van der Waals surface area contributed by atoms with Crippen LogP contribution >= 0.6 is 12.4 Å². The summed E-state index contributed by atoms with van der Waals surface area (Å²) in [6.07, 6.45) is 5.67. The van der Waals surface area contributed by atoms with Crippen LogP contribution in [0.4, 0.5) is 0 Å². The molecule has 2 N–H and O–H groups in total. The van der Waals surface area contributed by atoms with Crippen LogP contribution in [-0.2, 0) is 29.1 Å². The van der Waals surface area contributed by atoms with Gasteiger partial charge in [0.15, 0.2) is 34.6 Å². The number of carbonyl (C=O) groups is 2. The second-order valence-electron chi connectivity index (χ2n) is 6.79. The first-order valence-electron chi connectivity index (χ1n) is 10.3. The summed E-state index contributed by atoms with van der Waals surface area (Å²) >= 11 is 0. The molecule has 0 atom stereocenters. The zero-order chi connectivity index (χ0) is 24.1. The van der Waals surface area contributed by atoms with E-state index in [0.29, 0.717) is 23.0 Å². The summed E-state index contributed by atoms with van der Waals surface area (Å²) < 4.78 is 21.4. The van der Waals surface area contributed by atoms with E-state index >= 15 is 0 Å². The van der Waals surface area contributed by atoms with Crippen LogP contribution in [0.5, 0.6) is 23.0 Å². The van der Waals surface area contributed by atoms with Gasteiger partial charge in [0.05, 0.1) is 33.9 Å². The van der Waals surface area contributed by atoms with E-state index < -0.39 is 0 Å². The van der Waals surface area contributed by atoms with E-state index in [1.54, 1.807) is 48.6 Å². The molecule has 8 nitrogen and oxygen atoms in total. The molecule has 0 amide bonds. The summed E-state index contributed by atoms with van der Waals surface area (Å²) in [5.41, 5.74) is 15.8. The number of hydrogen-bond donors (Lipinski definition) is 0. The predicted molar refractivity (Wildman–Crippen MR) is 135 cm³/mol. The van der Waals surface area contributed by atoms with Gasteiger partial charge in [-0.15, -0.1) is 25.5 Å². The Morgan fingerprint density at radius 3 is 1.49 bits per heavy atom. The third kappa shape index (κ3) is 11.1. The molecule has 35 heavy (non-hydrogen) atoms. The summed E-state index contributed by atoms with van der Waals surface area (Å²) in [7, 11) is 3.03. The number of benzene rings is 2. The Hall–Kier alpha value is -2.71. The van der Waals surface area contributed by atoms with Gasteiger partial charge in [-0.3, -0.25) is 9.59 Å². The molecule has 0 aromatic heterocycles. The molecular weight excluding hydrogens is 525 g/mol. The number of halogens is 1. The quantitative estimate of drug-likeness (QED) is 0.179. The summed E-state index contributed by atoms with van der Waals surface area (Å²) in [5.74, 6) is 1.42. The molecule has 2 aromatic carbocycles. The summed E-state index contributed by atoms with van der Waals surface area (Å²) in [4.78, 5) is 24.4. The number of ether oxygens (including phenoxy) is 4. The molecule has 0 unspecified atom stereocenters. The van der Waals surface area contributed by atoms with Crippen LogP contribution in [-0.4, -0.2) is 52.1 Å². The zero-order valence-corrected chi connectivity index (χ0v) is 23.7. The standard InChI is InChI=1S/C25H28N2O6.ClH.Zn/c1-30-24-15-18(5-9-22(24)32-13-11-26)3-7-20(28)17-21(29)8-4-19-6-10-23(33-14-12-27)25(16-19)31-2;;/h3-10,15-16,26-27H,11-14,17H2,1-2H3;1H;/q-2;;+2/b7-3-,8-4?;;. The summed E-state index contributed by atoms with van der Waals surface area (Å²) in [5, 5.41) is 0. The Morgan fingerprint density at radius 2 is 1.14 bits per heavy atom. The van der Waals surface area contributed by atoms with Crippen molar-refractivity contribution in [1.82, 2.24) is 0 Å². The van der Waals surface area contributed by atoms with Crippen LogP contribution in [0.1, 0.15) is 17.5 Å². The van der Waals surface area contributed by atoms with E-state index in [9.17, 15) is 9.59 Å². The van der Waals surface area contributed by atoms with Gasteiger partial charge < -0.3 is 30.4 Å². The molecule has 0 bridgehead atoms. The van der Waals surface area contributed by atoms with E-state index in [1.807, 2.05) is 0 Å². The Labute approximate surface area is 224 Å². The number of rotatable bonds is 14.